The number of hydrogen-bond acceptors (Lipinski definition) is 3. The Morgan fingerprint density at radius 3 is 2.50 bits per heavy atom. The molecule has 0 spiro atoms. The first-order valence-corrected chi connectivity index (χ1v) is 11.5. The number of H-pyrrole nitrogens is 1. The van der Waals surface area contributed by atoms with Crippen LogP contribution in [0.4, 0.5) is 0 Å². The Morgan fingerprint density at radius 1 is 1.00 bits per heavy atom. The van der Waals surface area contributed by atoms with E-state index in [0.29, 0.717) is 26.8 Å². The van der Waals surface area contributed by atoms with Gasteiger partial charge in [-0.2, -0.15) is 0 Å². The average molecular weight is 490 g/mol. The molecule has 0 saturated heterocycles. The molecule has 170 valence electrons. The summed E-state index contributed by atoms with van der Waals surface area (Å²) in [4.78, 5) is 19.7. The second-order valence-corrected chi connectivity index (χ2v) is 9.28. The van der Waals surface area contributed by atoms with Crippen LogP contribution in [0.2, 0.25) is 10.0 Å². The zero-order chi connectivity index (χ0) is 23.9. The number of aromatic amines is 1. The molecule has 0 aliphatic carbocycles. The quantitative estimate of drug-likeness (QED) is 0.331. The highest BCUT2D eigenvalue weighted by Crippen LogP contribution is 2.35. The Kier molecular flexibility index (Phi) is 5.78. The van der Waals surface area contributed by atoms with Gasteiger partial charge in [-0.1, -0.05) is 53.5 Å². The van der Waals surface area contributed by atoms with Crippen LogP contribution >= 0.6 is 23.2 Å². The molecule has 0 bridgehead atoms. The molecule has 0 aliphatic heterocycles. The van der Waals surface area contributed by atoms with Crippen molar-refractivity contribution in [1.82, 2.24) is 14.5 Å². The van der Waals surface area contributed by atoms with Crippen LogP contribution in [0.1, 0.15) is 16.8 Å². The van der Waals surface area contributed by atoms with Crippen LogP contribution in [0.5, 0.6) is 0 Å². The summed E-state index contributed by atoms with van der Waals surface area (Å²) in [6.45, 7) is 0. The molecule has 2 heterocycles. The molecule has 2 N–H and O–H groups in total. The van der Waals surface area contributed by atoms with Crippen molar-refractivity contribution in [3.8, 4) is 11.1 Å². The Morgan fingerprint density at radius 2 is 1.79 bits per heavy atom. The minimum atomic E-state index is -1.38. The first-order valence-electron chi connectivity index (χ1n) is 10.7. The molecule has 2 aromatic heterocycles. The van der Waals surface area contributed by atoms with Crippen LogP contribution in [-0.2, 0) is 19.1 Å². The van der Waals surface area contributed by atoms with Crippen LogP contribution in [0, 0.1) is 0 Å². The van der Waals surface area contributed by atoms with Gasteiger partial charge in [0.2, 0.25) is 5.56 Å². The van der Waals surface area contributed by atoms with Gasteiger partial charge in [-0.05, 0) is 58.7 Å². The van der Waals surface area contributed by atoms with Gasteiger partial charge in [-0.15, -0.1) is 0 Å². The highest BCUT2D eigenvalue weighted by molar-refractivity contribution is 6.31. The molecule has 0 radical (unpaired) electrons. The zero-order valence-electron chi connectivity index (χ0n) is 18.3. The van der Waals surface area contributed by atoms with Crippen molar-refractivity contribution < 1.29 is 5.11 Å². The fraction of sp³-hybridized carbons (Fsp3) is 0.111. The maximum Gasteiger partial charge on any atom is 0.249 e. The van der Waals surface area contributed by atoms with Crippen molar-refractivity contribution in [2.45, 2.75) is 12.0 Å². The normalized spacial score (nSPS) is 13.2. The number of pyridine rings is 1. The van der Waals surface area contributed by atoms with E-state index in [9.17, 15) is 9.90 Å². The van der Waals surface area contributed by atoms with Crippen molar-refractivity contribution in [3.05, 3.63) is 123 Å². The first-order chi connectivity index (χ1) is 16.3. The average Bonchev–Trinajstić information content (AvgIpc) is 3.26. The Bertz CT molecular complexity index is 1560. The van der Waals surface area contributed by atoms with E-state index in [0.717, 1.165) is 22.1 Å². The standard InChI is InChI=1S/C27H21Cl2N3O2/c1-32-15-25(30-16-32)27(34,19-6-8-20(28)9-7-19)14-17-5-10-24-23(11-17)22(13-26(33)31-24)18-3-2-4-21(29)12-18/h2-13,15-16,34H,14H2,1H3,(H,31,33). The smallest absolute Gasteiger partial charge is 0.249 e. The van der Waals surface area contributed by atoms with Crippen LogP contribution in [0.3, 0.4) is 0 Å². The van der Waals surface area contributed by atoms with E-state index in [2.05, 4.69) is 9.97 Å². The van der Waals surface area contributed by atoms with Crippen molar-refractivity contribution in [1.29, 1.82) is 0 Å². The lowest BCUT2D eigenvalue weighted by molar-refractivity contribution is 0.0768. The monoisotopic (exact) mass is 489 g/mol. The molecule has 0 fully saturated rings. The van der Waals surface area contributed by atoms with Gasteiger partial charge in [0.25, 0.3) is 0 Å². The number of nitrogens with one attached hydrogen (secondary N) is 1. The van der Waals surface area contributed by atoms with Gasteiger partial charge in [0.15, 0.2) is 0 Å². The van der Waals surface area contributed by atoms with E-state index in [4.69, 9.17) is 23.2 Å². The van der Waals surface area contributed by atoms with Crippen molar-refractivity contribution in [2.24, 2.45) is 7.05 Å². The van der Waals surface area contributed by atoms with E-state index in [1.807, 2.05) is 61.8 Å². The van der Waals surface area contributed by atoms with Gasteiger partial charge in [0.05, 0.1) is 12.0 Å². The minimum Gasteiger partial charge on any atom is -0.378 e. The number of imidazole rings is 1. The van der Waals surface area contributed by atoms with Crippen LogP contribution in [-0.4, -0.2) is 19.6 Å². The molecule has 34 heavy (non-hydrogen) atoms. The number of aromatic nitrogens is 3. The highest BCUT2D eigenvalue weighted by Gasteiger charge is 2.34. The summed E-state index contributed by atoms with van der Waals surface area (Å²) in [5.41, 5.74) is 2.86. The predicted molar refractivity (Wildman–Crippen MR) is 136 cm³/mol. The number of rotatable bonds is 5. The molecular weight excluding hydrogens is 469 g/mol. The summed E-state index contributed by atoms with van der Waals surface area (Å²) in [6.07, 6.45) is 3.75. The summed E-state index contributed by atoms with van der Waals surface area (Å²) in [5, 5.41) is 14.0. The lowest BCUT2D eigenvalue weighted by Gasteiger charge is -2.27. The molecule has 1 atom stereocenters. The van der Waals surface area contributed by atoms with E-state index >= 15 is 0 Å². The second-order valence-electron chi connectivity index (χ2n) is 8.41. The Balaban J connectivity index is 1.65. The summed E-state index contributed by atoms with van der Waals surface area (Å²) < 4.78 is 1.80. The molecule has 7 heteroatoms. The number of hydrogen-bond donors (Lipinski definition) is 2. The number of aryl methyl sites for hydroxylation is 1. The van der Waals surface area contributed by atoms with Crippen molar-refractivity contribution in [2.75, 3.05) is 0 Å². The third-order valence-corrected chi connectivity index (χ3v) is 6.44. The number of halogens is 2. The van der Waals surface area contributed by atoms with Gasteiger partial charge in [-0.25, -0.2) is 4.98 Å². The Labute approximate surface area is 206 Å². The largest absolute Gasteiger partial charge is 0.378 e. The third kappa shape index (κ3) is 4.26. The molecule has 5 rings (SSSR count). The van der Waals surface area contributed by atoms with E-state index < -0.39 is 5.60 Å². The lowest BCUT2D eigenvalue weighted by atomic mass is 9.84. The van der Waals surface area contributed by atoms with Gasteiger partial charge in [-0.3, -0.25) is 4.79 Å². The Hall–Kier alpha value is -3.38. The first kappa shape index (κ1) is 22.4. The topological polar surface area (TPSA) is 70.9 Å². The van der Waals surface area contributed by atoms with E-state index in [1.165, 1.54) is 0 Å². The maximum atomic E-state index is 12.3. The van der Waals surface area contributed by atoms with Crippen LogP contribution in [0.25, 0.3) is 22.0 Å². The molecule has 1 unspecified atom stereocenters. The lowest BCUT2D eigenvalue weighted by Crippen LogP contribution is -2.30. The molecule has 5 aromatic rings. The van der Waals surface area contributed by atoms with Gasteiger partial charge < -0.3 is 14.7 Å². The molecule has 0 amide bonds. The minimum absolute atomic E-state index is 0.193. The highest BCUT2D eigenvalue weighted by atomic mass is 35.5. The second kappa shape index (κ2) is 8.76. The van der Waals surface area contributed by atoms with Crippen LogP contribution < -0.4 is 5.56 Å². The van der Waals surface area contributed by atoms with Crippen molar-refractivity contribution in [3.63, 3.8) is 0 Å². The van der Waals surface area contributed by atoms with Gasteiger partial charge in [0, 0.05) is 46.7 Å². The number of fused-ring (bicyclic) bond motifs is 1. The summed E-state index contributed by atoms with van der Waals surface area (Å²) in [7, 11) is 1.86. The molecular formula is C27H21Cl2N3O2. The van der Waals surface area contributed by atoms with E-state index in [1.54, 1.807) is 35.2 Å². The molecule has 0 aliphatic rings. The van der Waals surface area contributed by atoms with E-state index in [-0.39, 0.29) is 12.0 Å². The fourth-order valence-electron chi connectivity index (χ4n) is 4.29. The predicted octanol–water partition coefficient (Wildman–Crippen LogP) is 5.71. The van der Waals surface area contributed by atoms with Gasteiger partial charge in [0.1, 0.15) is 5.60 Å². The fourth-order valence-corrected chi connectivity index (χ4v) is 4.61. The van der Waals surface area contributed by atoms with Crippen molar-refractivity contribution >= 4 is 34.1 Å². The number of benzene rings is 3. The molecule has 0 saturated carbocycles. The van der Waals surface area contributed by atoms with Gasteiger partial charge >= 0.3 is 0 Å². The number of nitrogens with zero attached hydrogens (tertiary/aromatic N) is 2. The maximum absolute atomic E-state index is 12.3. The third-order valence-electron chi connectivity index (χ3n) is 5.95. The molecule has 5 nitrogen and oxygen atoms in total. The van der Waals surface area contributed by atoms with Crippen LogP contribution in [0.15, 0.2) is 90.1 Å². The summed E-state index contributed by atoms with van der Waals surface area (Å²) in [5.74, 6) is 0. The summed E-state index contributed by atoms with van der Waals surface area (Å²) in [6, 6.07) is 21.9. The number of aliphatic hydroxyl groups is 1. The zero-order valence-corrected chi connectivity index (χ0v) is 19.8. The molecule has 3 aromatic carbocycles. The SMILES string of the molecule is Cn1cnc(C(O)(Cc2ccc3[nH]c(=O)cc(-c4cccc(Cl)c4)c3c2)c2ccc(Cl)cc2)c1. The summed E-state index contributed by atoms with van der Waals surface area (Å²) >= 11 is 12.3.